The summed E-state index contributed by atoms with van der Waals surface area (Å²) < 4.78 is 3.08. The Morgan fingerprint density at radius 2 is 2.04 bits per heavy atom. The highest BCUT2D eigenvalue weighted by molar-refractivity contribution is 6.03. The third-order valence-electron chi connectivity index (χ3n) is 3.56. The molecule has 0 bridgehead atoms. The number of carbonyl (C=O) groups is 2. The summed E-state index contributed by atoms with van der Waals surface area (Å²) in [4.78, 5) is 27.8. The number of anilines is 1. The van der Waals surface area contributed by atoms with Crippen LogP contribution >= 0.6 is 0 Å². The number of nitrogens with one attached hydrogen (secondary N) is 1. The summed E-state index contributed by atoms with van der Waals surface area (Å²) >= 11 is 0. The first-order chi connectivity index (χ1) is 11.6. The van der Waals surface area contributed by atoms with Crippen LogP contribution in [-0.4, -0.2) is 36.3 Å². The molecule has 1 amide bonds. The zero-order valence-corrected chi connectivity index (χ0v) is 13.1. The van der Waals surface area contributed by atoms with E-state index in [2.05, 4.69) is 15.4 Å². The molecule has 0 radical (unpaired) electrons. The maximum atomic E-state index is 12.5. The second-order valence-corrected chi connectivity index (χ2v) is 5.30. The van der Waals surface area contributed by atoms with Gasteiger partial charge in [-0.3, -0.25) is 14.9 Å². The largest absolute Gasteiger partial charge is 0.480 e. The number of carboxylic acids is 1. The minimum atomic E-state index is -1.06. The second kappa shape index (κ2) is 6.53. The van der Waals surface area contributed by atoms with Crippen molar-refractivity contribution in [3.8, 4) is 0 Å². The van der Waals surface area contributed by atoms with Crippen molar-refractivity contribution in [1.82, 2.24) is 19.3 Å². The predicted molar refractivity (Wildman–Crippen MR) is 87.8 cm³/mol. The van der Waals surface area contributed by atoms with Gasteiger partial charge in [0.1, 0.15) is 12.2 Å². The van der Waals surface area contributed by atoms with Crippen LogP contribution in [0.5, 0.6) is 0 Å². The molecule has 2 aromatic heterocycles. The van der Waals surface area contributed by atoms with Crippen LogP contribution in [0, 0.1) is 0 Å². The van der Waals surface area contributed by atoms with Gasteiger partial charge in [0.15, 0.2) is 0 Å². The summed E-state index contributed by atoms with van der Waals surface area (Å²) in [6, 6.07) is 9.11. The van der Waals surface area contributed by atoms with Crippen molar-refractivity contribution in [1.29, 1.82) is 0 Å². The third kappa shape index (κ3) is 2.98. The molecule has 2 heterocycles. The molecule has 2 N–H and O–H groups in total. The Kier molecular flexibility index (Phi) is 4.28. The van der Waals surface area contributed by atoms with Crippen molar-refractivity contribution in [2.45, 2.75) is 26.4 Å². The number of rotatable bonds is 6. The third-order valence-corrected chi connectivity index (χ3v) is 3.56. The lowest BCUT2D eigenvalue weighted by Crippen LogP contribution is -2.22. The molecular formula is C16H17N5O3. The van der Waals surface area contributed by atoms with Crippen LogP contribution < -0.4 is 5.32 Å². The molecule has 0 aliphatic heterocycles. The molecule has 0 aliphatic carbocycles. The smallest absolute Gasteiger partial charge is 0.325 e. The van der Waals surface area contributed by atoms with Crippen LogP contribution in [0.25, 0.3) is 11.0 Å². The van der Waals surface area contributed by atoms with E-state index in [0.29, 0.717) is 12.5 Å². The molecule has 8 heteroatoms. The molecule has 3 aromatic rings. The first kappa shape index (κ1) is 15.7. The fourth-order valence-corrected chi connectivity index (χ4v) is 2.57. The van der Waals surface area contributed by atoms with Crippen molar-refractivity contribution >= 4 is 28.9 Å². The number of benzene rings is 1. The number of amides is 1. The highest BCUT2D eigenvalue weighted by Gasteiger charge is 2.17. The van der Waals surface area contributed by atoms with Crippen LogP contribution in [0.2, 0.25) is 0 Å². The number of nitrogens with zero attached hydrogens (tertiary/aromatic N) is 4. The van der Waals surface area contributed by atoms with Gasteiger partial charge in [0.25, 0.3) is 5.91 Å². The molecule has 124 valence electrons. The van der Waals surface area contributed by atoms with Gasteiger partial charge in [-0.25, -0.2) is 9.67 Å². The molecule has 8 nitrogen and oxygen atoms in total. The number of aromatic nitrogens is 4. The second-order valence-electron chi connectivity index (χ2n) is 5.30. The highest BCUT2D eigenvalue weighted by atomic mass is 16.4. The predicted octanol–water partition coefficient (Wildman–Crippen LogP) is 1.98. The van der Waals surface area contributed by atoms with Crippen molar-refractivity contribution < 1.29 is 14.7 Å². The number of para-hydroxylation sites is 2. The van der Waals surface area contributed by atoms with Gasteiger partial charge < -0.3 is 9.67 Å². The lowest BCUT2D eigenvalue weighted by atomic mass is 10.3. The van der Waals surface area contributed by atoms with Gasteiger partial charge in [-0.15, -0.1) is 0 Å². The molecule has 0 atom stereocenters. The number of aryl methyl sites for hydroxylation is 1. The fourth-order valence-electron chi connectivity index (χ4n) is 2.57. The van der Waals surface area contributed by atoms with Gasteiger partial charge >= 0.3 is 5.97 Å². The molecule has 0 saturated heterocycles. The van der Waals surface area contributed by atoms with E-state index < -0.39 is 11.9 Å². The first-order valence-corrected chi connectivity index (χ1v) is 7.60. The van der Waals surface area contributed by atoms with E-state index in [-0.39, 0.29) is 12.2 Å². The first-order valence-electron chi connectivity index (χ1n) is 7.60. The van der Waals surface area contributed by atoms with Crippen LogP contribution in [0.1, 0.15) is 23.8 Å². The molecule has 3 rings (SSSR count). The van der Waals surface area contributed by atoms with E-state index >= 15 is 0 Å². The number of carboxylic acid groups (broad SMARTS) is 1. The van der Waals surface area contributed by atoms with E-state index in [1.165, 1.54) is 12.3 Å². The minimum Gasteiger partial charge on any atom is -0.480 e. The minimum absolute atomic E-state index is 0.174. The Labute approximate surface area is 137 Å². The lowest BCUT2D eigenvalue weighted by Gasteiger charge is -2.09. The monoisotopic (exact) mass is 327 g/mol. The van der Waals surface area contributed by atoms with Crippen molar-refractivity contribution in [3.05, 3.63) is 42.2 Å². The summed E-state index contributed by atoms with van der Waals surface area (Å²) in [6.07, 6.45) is 2.28. The van der Waals surface area contributed by atoms with E-state index in [4.69, 9.17) is 5.11 Å². The van der Waals surface area contributed by atoms with Gasteiger partial charge in [0, 0.05) is 12.7 Å². The number of hydrogen-bond acceptors (Lipinski definition) is 4. The zero-order chi connectivity index (χ0) is 17.1. The summed E-state index contributed by atoms with van der Waals surface area (Å²) in [5.74, 6) is -1.07. The average molecular weight is 327 g/mol. The molecular weight excluding hydrogens is 310 g/mol. The fraction of sp³-hybridized carbons (Fsp3) is 0.250. The molecule has 1 aromatic carbocycles. The van der Waals surface area contributed by atoms with E-state index in [1.54, 1.807) is 0 Å². The van der Waals surface area contributed by atoms with Crippen LogP contribution in [0.3, 0.4) is 0 Å². The molecule has 0 saturated carbocycles. The molecule has 0 spiro atoms. The zero-order valence-electron chi connectivity index (χ0n) is 13.1. The Balaban J connectivity index is 1.92. The average Bonchev–Trinajstić information content (AvgIpc) is 3.12. The van der Waals surface area contributed by atoms with Gasteiger partial charge in [0.2, 0.25) is 5.95 Å². The Hall–Kier alpha value is -3.16. The van der Waals surface area contributed by atoms with Crippen molar-refractivity contribution in [2.75, 3.05) is 5.32 Å². The van der Waals surface area contributed by atoms with Crippen LogP contribution in [-0.2, 0) is 17.9 Å². The Bertz CT molecular complexity index is 896. The van der Waals surface area contributed by atoms with Gasteiger partial charge in [-0.2, -0.15) is 5.10 Å². The standard InChI is InChI=1S/C16H17N5O3/c1-2-9-20-12-6-4-3-5-11(12)18-16(20)19-15(24)13-7-8-17-21(13)10-14(22)23/h3-8H,2,9-10H2,1H3,(H,22,23)(H,18,19,24). The quantitative estimate of drug-likeness (QED) is 0.721. The molecule has 0 fully saturated rings. The van der Waals surface area contributed by atoms with Gasteiger partial charge in [-0.1, -0.05) is 19.1 Å². The van der Waals surface area contributed by atoms with Gasteiger partial charge in [0.05, 0.1) is 11.0 Å². The van der Waals surface area contributed by atoms with Crippen molar-refractivity contribution in [2.24, 2.45) is 0 Å². The summed E-state index contributed by atoms with van der Waals surface area (Å²) in [5, 5.41) is 15.5. The van der Waals surface area contributed by atoms with Crippen LogP contribution in [0.4, 0.5) is 5.95 Å². The molecule has 0 aliphatic rings. The normalized spacial score (nSPS) is 10.9. The van der Waals surface area contributed by atoms with Crippen LogP contribution in [0.15, 0.2) is 36.5 Å². The van der Waals surface area contributed by atoms with E-state index in [0.717, 1.165) is 22.1 Å². The SMILES string of the molecule is CCCn1c(NC(=O)c2ccnn2CC(=O)O)nc2ccccc21. The number of hydrogen-bond donors (Lipinski definition) is 2. The number of carbonyl (C=O) groups excluding carboxylic acids is 1. The van der Waals surface area contributed by atoms with Crippen molar-refractivity contribution in [3.63, 3.8) is 0 Å². The Morgan fingerprint density at radius 3 is 2.79 bits per heavy atom. The Morgan fingerprint density at radius 1 is 1.25 bits per heavy atom. The number of fused-ring (bicyclic) bond motifs is 1. The summed E-state index contributed by atoms with van der Waals surface area (Å²) in [7, 11) is 0. The lowest BCUT2D eigenvalue weighted by molar-refractivity contribution is -0.137. The molecule has 24 heavy (non-hydrogen) atoms. The topological polar surface area (TPSA) is 102 Å². The summed E-state index contributed by atoms with van der Waals surface area (Å²) in [5.41, 5.74) is 1.90. The maximum absolute atomic E-state index is 12.5. The maximum Gasteiger partial charge on any atom is 0.325 e. The van der Waals surface area contributed by atoms with Gasteiger partial charge in [-0.05, 0) is 24.6 Å². The van der Waals surface area contributed by atoms with E-state index in [1.807, 2.05) is 35.8 Å². The summed E-state index contributed by atoms with van der Waals surface area (Å²) in [6.45, 7) is 2.38. The number of aliphatic carboxylic acids is 1. The molecule has 0 unspecified atom stereocenters. The highest BCUT2D eigenvalue weighted by Crippen LogP contribution is 2.20. The van der Waals surface area contributed by atoms with E-state index in [9.17, 15) is 9.59 Å². The number of imidazole rings is 1.